The lowest BCUT2D eigenvalue weighted by atomic mass is 10.1. The van der Waals surface area contributed by atoms with Gasteiger partial charge in [-0.05, 0) is 31.9 Å². The fraction of sp³-hybridized carbons (Fsp3) is 0.538. The quantitative estimate of drug-likeness (QED) is 0.897. The van der Waals surface area contributed by atoms with E-state index < -0.39 is 16.6 Å². The summed E-state index contributed by atoms with van der Waals surface area (Å²) in [5.41, 5.74) is 1.14. The molecular formula is C13H18O3S. The maximum atomic E-state index is 12.1. The number of rotatable bonds is 3. The van der Waals surface area contributed by atoms with Gasteiger partial charge >= 0.3 is 0 Å². The molecule has 1 saturated heterocycles. The zero-order valence-electron chi connectivity index (χ0n) is 10.0. The van der Waals surface area contributed by atoms with E-state index in [9.17, 15) is 9.32 Å². The second-order valence-corrected chi connectivity index (χ2v) is 6.01. The van der Waals surface area contributed by atoms with Gasteiger partial charge in [-0.1, -0.05) is 17.7 Å². The van der Waals surface area contributed by atoms with Crippen LogP contribution in [-0.2, 0) is 15.5 Å². The highest BCUT2D eigenvalue weighted by atomic mass is 32.2. The van der Waals surface area contributed by atoms with E-state index in [1.807, 2.05) is 31.2 Å². The van der Waals surface area contributed by atoms with Crippen molar-refractivity contribution in [2.24, 2.45) is 0 Å². The van der Waals surface area contributed by atoms with Crippen LogP contribution in [0, 0.1) is 6.92 Å². The summed E-state index contributed by atoms with van der Waals surface area (Å²) in [7, 11) is -1.20. The van der Waals surface area contributed by atoms with Crippen molar-refractivity contribution >= 4 is 10.8 Å². The first-order valence-corrected chi connectivity index (χ1v) is 7.22. The molecule has 17 heavy (non-hydrogen) atoms. The largest absolute Gasteiger partial charge is 0.365 e. The van der Waals surface area contributed by atoms with Gasteiger partial charge < -0.3 is 9.84 Å². The van der Waals surface area contributed by atoms with Crippen molar-refractivity contribution in [3.05, 3.63) is 29.8 Å². The van der Waals surface area contributed by atoms with Crippen LogP contribution in [0.4, 0.5) is 0 Å². The zero-order valence-corrected chi connectivity index (χ0v) is 10.8. The zero-order chi connectivity index (χ0) is 12.3. The molecule has 1 aliphatic heterocycles. The van der Waals surface area contributed by atoms with E-state index in [4.69, 9.17) is 4.74 Å². The van der Waals surface area contributed by atoms with E-state index in [1.54, 1.807) is 0 Å². The Morgan fingerprint density at radius 3 is 2.65 bits per heavy atom. The van der Waals surface area contributed by atoms with E-state index in [0.717, 1.165) is 23.3 Å². The Balaban J connectivity index is 2.03. The van der Waals surface area contributed by atoms with Crippen LogP contribution in [0.15, 0.2) is 29.2 Å². The molecule has 1 aromatic carbocycles. The standard InChI is InChI=1S/C13H18O3S/c1-11-4-6-12(7-5-11)17(15)10-13(14)8-2-3-9-16-13/h4-7,14H,2-3,8-10H2,1H3/t13?,17-/m1/s1. The molecule has 1 N–H and O–H groups in total. The van der Waals surface area contributed by atoms with E-state index >= 15 is 0 Å². The Bertz CT molecular complexity index is 394. The van der Waals surface area contributed by atoms with E-state index in [2.05, 4.69) is 0 Å². The van der Waals surface area contributed by atoms with E-state index in [1.165, 1.54) is 0 Å². The molecule has 3 nitrogen and oxygen atoms in total. The van der Waals surface area contributed by atoms with Crippen molar-refractivity contribution in [2.45, 2.75) is 36.9 Å². The van der Waals surface area contributed by atoms with Crippen LogP contribution in [-0.4, -0.2) is 27.5 Å². The molecule has 0 aliphatic carbocycles. The van der Waals surface area contributed by atoms with Gasteiger partial charge in [0.05, 0.1) is 23.2 Å². The van der Waals surface area contributed by atoms with Crippen molar-refractivity contribution in [2.75, 3.05) is 12.4 Å². The maximum absolute atomic E-state index is 12.1. The van der Waals surface area contributed by atoms with Crippen molar-refractivity contribution in [3.8, 4) is 0 Å². The number of aliphatic hydroxyl groups is 1. The average Bonchev–Trinajstić information content (AvgIpc) is 2.30. The monoisotopic (exact) mass is 254 g/mol. The lowest BCUT2D eigenvalue weighted by Crippen LogP contribution is -2.41. The van der Waals surface area contributed by atoms with Gasteiger partial charge in [0.1, 0.15) is 0 Å². The molecular weight excluding hydrogens is 236 g/mol. The van der Waals surface area contributed by atoms with Crippen LogP contribution in [0.2, 0.25) is 0 Å². The highest BCUT2D eigenvalue weighted by Gasteiger charge is 2.32. The molecule has 0 amide bonds. The Labute approximate surface area is 104 Å². The number of benzene rings is 1. The normalized spacial score (nSPS) is 26.7. The fourth-order valence-electron chi connectivity index (χ4n) is 1.93. The van der Waals surface area contributed by atoms with Crippen molar-refractivity contribution in [1.82, 2.24) is 0 Å². The average molecular weight is 254 g/mol. The van der Waals surface area contributed by atoms with Gasteiger partial charge in [0.2, 0.25) is 0 Å². The summed E-state index contributed by atoms with van der Waals surface area (Å²) < 4.78 is 17.4. The Morgan fingerprint density at radius 1 is 1.35 bits per heavy atom. The van der Waals surface area contributed by atoms with Crippen LogP contribution >= 0.6 is 0 Å². The summed E-state index contributed by atoms with van der Waals surface area (Å²) in [6.45, 7) is 2.55. The molecule has 2 atom stereocenters. The number of hydrogen-bond acceptors (Lipinski definition) is 3. The third-order valence-electron chi connectivity index (χ3n) is 2.97. The molecule has 1 aromatic rings. The predicted molar refractivity (Wildman–Crippen MR) is 67.2 cm³/mol. The number of hydrogen-bond donors (Lipinski definition) is 1. The molecule has 0 aromatic heterocycles. The molecule has 0 radical (unpaired) electrons. The van der Waals surface area contributed by atoms with Crippen molar-refractivity contribution < 1.29 is 14.1 Å². The SMILES string of the molecule is Cc1ccc([S@](=O)CC2(O)CCCCO2)cc1. The second-order valence-electron chi connectivity index (χ2n) is 4.55. The summed E-state index contributed by atoms with van der Waals surface area (Å²) in [5, 5.41) is 10.1. The fourth-order valence-corrected chi connectivity index (χ4v) is 3.17. The van der Waals surface area contributed by atoms with Gasteiger partial charge in [0.25, 0.3) is 0 Å². The summed E-state index contributed by atoms with van der Waals surface area (Å²) in [6.07, 6.45) is 2.48. The predicted octanol–water partition coefficient (Wildman–Crippen LogP) is 1.99. The minimum Gasteiger partial charge on any atom is -0.365 e. The third kappa shape index (κ3) is 3.37. The summed E-state index contributed by atoms with van der Waals surface area (Å²) in [5.74, 6) is -1.04. The highest BCUT2D eigenvalue weighted by molar-refractivity contribution is 7.85. The van der Waals surface area contributed by atoms with Crippen LogP contribution in [0.25, 0.3) is 0 Å². The van der Waals surface area contributed by atoms with Gasteiger partial charge in [0, 0.05) is 11.3 Å². The molecule has 1 heterocycles. The smallest absolute Gasteiger partial charge is 0.177 e. The molecule has 1 unspecified atom stereocenters. The van der Waals surface area contributed by atoms with Gasteiger partial charge in [0.15, 0.2) is 5.79 Å². The van der Waals surface area contributed by atoms with Gasteiger partial charge in [-0.2, -0.15) is 0 Å². The topological polar surface area (TPSA) is 46.5 Å². The molecule has 2 rings (SSSR count). The number of aryl methyl sites for hydroxylation is 1. The summed E-state index contributed by atoms with van der Waals surface area (Å²) >= 11 is 0. The van der Waals surface area contributed by atoms with Gasteiger partial charge in [-0.3, -0.25) is 4.21 Å². The lowest BCUT2D eigenvalue weighted by molar-refractivity contribution is -0.207. The molecule has 0 bridgehead atoms. The van der Waals surface area contributed by atoms with E-state index in [-0.39, 0.29) is 5.75 Å². The number of ether oxygens (including phenoxy) is 1. The summed E-state index contributed by atoms with van der Waals surface area (Å²) in [4.78, 5) is 0.748. The lowest BCUT2D eigenvalue weighted by Gasteiger charge is -2.31. The van der Waals surface area contributed by atoms with Crippen LogP contribution in [0.1, 0.15) is 24.8 Å². The Hall–Kier alpha value is -0.710. The molecule has 0 spiro atoms. The van der Waals surface area contributed by atoms with Crippen molar-refractivity contribution in [3.63, 3.8) is 0 Å². The molecule has 94 valence electrons. The minimum absolute atomic E-state index is 0.163. The second kappa shape index (κ2) is 5.29. The first-order valence-electron chi connectivity index (χ1n) is 5.90. The van der Waals surface area contributed by atoms with E-state index in [0.29, 0.717) is 13.0 Å². The van der Waals surface area contributed by atoms with Crippen molar-refractivity contribution in [1.29, 1.82) is 0 Å². The van der Waals surface area contributed by atoms with Crippen LogP contribution in [0.3, 0.4) is 0 Å². The van der Waals surface area contributed by atoms with Crippen LogP contribution < -0.4 is 0 Å². The highest BCUT2D eigenvalue weighted by Crippen LogP contribution is 2.24. The first kappa shape index (κ1) is 12.7. The maximum Gasteiger partial charge on any atom is 0.177 e. The molecule has 1 fully saturated rings. The Morgan fingerprint density at radius 2 is 2.06 bits per heavy atom. The molecule has 0 saturated carbocycles. The van der Waals surface area contributed by atoms with Crippen LogP contribution in [0.5, 0.6) is 0 Å². The minimum atomic E-state index is -1.20. The Kier molecular flexibility index (Phi) is 3.97. The van der Waals surface area contributed by atoms with Gasteiger partial charge in [-0.15, -0.1) is 0 Å². The first-order chi connectivity index (χ1) is 8.09. The third-order valence-corrected chi connectivity index (χ3v) is 4.48. The molecule has 1 aliphatic rings. The summed E-state index contributed by atoms with van der Waals surface area (Å²) in [6, 6.07) is 7.55. The van der Waals surface area contributed by atoms with Gasteiger partial charge in [-0.25, -0.2) is 0 Å². The molecule has 4 heteroatoms.